The van der Waals surface area contributed by atoms with Crippen molar-refractivity contribution in [1.82, 2.24) is 4.31 Å². The lowest BCUT2D eigenvalue weighted by Gasteiger charge is -2.19. The first kappa shape index (κ1) is 8.96. The van der Waals surface area contributed by atoms with Gasteiger partial charge in [-0.15, -0.1) is 0 Å². The fourth-order valence-corrected chi connectivity index (χ4v) is 2.45. The molecule has 1 saturated heterocycles. The first-order valence-corrected chi connectivity index (χ1v) is 5.23. The van der Waals surface area contributed by atoms with E-state index in [4.69, 9.17) is 5.14 Å². The lowest BCUT2D eigenvalue weighted by atomic mass is 10.1. The third kappa shape index (κ3) is 1.72. The molecule has 5 heteroatoms. The summed E-state index contributed by atoms with van der Waals surface area (Å²) in [5, 5.41) is 4.99. The Morgan fingerprint density at radius 2 is 2.00 bits per heavy atom. The van der Waals surface area contributed by atoms with E-state index in [0.717, 1.165) is 6.42 Å². The van der Waals surface area contributed by atoms with Gasteiger partial charge in [-0.3, -0.25) is 0 Å². The smallest absolute Gasteiger partial charge is 0.216 e. The van der Waals surface area contributed by atoms with Gasteiger partial charge in [0.25, 0.3) is 10.2 Å². The Morgan fingerprint density at radius 1 is 1.45 bits per heavy atom. The number of hydrogen-bond donors (Lipinski definition) is 1. The molecule has 2 N–H and O–H groups in total. The third-order valence-electron chi connectivity index (χ3n) is 2.41. The van der Waals surface area contributed by atoms with Crippen molar-refractivity contribution in [3.63, 3.8) is 0 Å². The zero-order chi connectivity index (χ0) is 8.65. The molecule has 0 bridgehead atoms. The van der Waals surface area contributed by atoms with E-state index in [9.17, 15) is 8.42 Å². The van der Waals surface area contributed by atoms with Gasteiger partial charge in [0, 0.05) is 12.6 Å². The summed E-state index contributed by atoms with van der Waals surface area (Å²) in [4.78, 5) is 0. The fourth-order valence-electron chi connectivity index (χ4n) is 1.42. The van der Waals surface area contributed by atoms with Gasteiger partial charge in [0.2, 0.25) is 0 Å². The first-order chi connectivity index (χ1) is 4.93. The maximum Gasteiger partial charge on any atom is 0.277 e. The second-order valence-electron chi connectivity index (χ2n) is 3.16. The minimum Gasteiger partial charge on any atom is -0.216 e. The SMILES string of the molecule is CC1CCN(S(N)(=O)=O)C1C. The molecule has 2 unspecified atom stereocenters. The minimum absolute atomic E-state index is 0.0602. The van der Waals surface area contributed by atoms with Crippen molar-refractivity contribution in [2.24, 2.45) is 11.1 Å². The molecule has 0 amide bonds. The van der Waals surface area contributed by atoms with E-state index >= 15 is 0 Å². The Kier molecular flexibility index (Phi) is 2.22. The zero-order valence-electron chi connectivity index (χ0n) is 6.82. The molecule has 2 atom stereocenters. The lowest BCUT2D eigenvalue weighted by molar-refractivity contribution is 0.372. The van der Waals surface area contributed by atoms with Crippen LogP contribution in [-0.2, 0) is 10.2 Å². The molecule has 1 aliphatic heterocycles. The summed E-state index contributed by atoms with van der Waals surface area (Å²) < 4.78 is 23.1. The van der Waals surface area contributed by atoms with Gasteiger partial charge in [0.1, 0.15) is 0 Å². The quantitative estimate of drug-likeness (QED) is 0.610. The van der Waals surface area contributed by atoms with Crippen LogP contribution in [0.1, 0.15) is 20.3 Å². The Bertz CT molecular complexity index is 237. The summed E-state index contributed by atoms with van der Waals surface area (Å²) in [6.45, 7) is 4.50. The molecule has 0 spiro atoms. The minimum atomic E-state index is -3.45. The number of nitrogens with two attached hydrogens (primary N) is 1. The van der Waals surface area contributed by atoms with Gasteiger partial charge < -0.3 is 0 Å². The summed E-state index contributed by atoms with van der Waals surface area (Å²) in [6, 6.07) is 0.0602. The van der Waals surface area contributed by atoms with Crippen LogP contribution in [0.3, 0.4) is 0 Å². The maximum atomic E-state index is 10.9. The van der Waals surface area contributed by atoms with Crippen LogP contribution in [0.15, 0.2) is 0 Å². The number of hydrogen-bond acceptors (Lipinski definition) is 2. The predicted octanol–water partition coefficient (Wildman–Crippen LogP) is -0.0798. The average Bonchev–Trinajstić information content (AvgIpc) is 2.11. The van der Waals surface area contributed by atoms with Gasteiger partial charge in [-0.1, -0.05) is 6.92 Å². The average molecular weight is 178 g/mol. The molecule has 1 aliphatic rings. The highest BCUT2D eigenvalue weighted by molar-refractivity contribution is 7.86. The van der Waals surface area contributed by atoms with E-state index in [1.165, 1.54) is 4.31 Å². The van der Waals surface area contributed by atoms with Crippen LogP contribution >= 0.6 is 0 Å². The van der Waals surface area contributed by atoms with Gasteiger partial charge in [-0.25, -0.2) is 5.14 Å². The van der Waals surface area contributed by atoms with E-state index in [0.29, 0.717) is 12.5 Å². The molecule has 0 aromatic heterocycles. The summed E-state index contributed by atoms with van der Waals surface area (Å²) in [6.07, 6.45) is 0.914. The van der Waals surface area contributed by atoms with Crippen LogP contribution in [0.4, 0.5) is 0 Å². The maximum absolute atomic E-state index is 10.9. The third-order valence-corrected chi connectivity index (χ3v) is 3.58. The molecule has 4 nitrogen and oxygen atoms in total. The van der Waals surface area contributed by atoms with E-state index in [1.807, 2.05) is 13.8 Å². The number of nitrogens with zero attached hydrogens (tertiary/aromatic N) is 1. The van der Waals surface area contributed by atoms with Gasteiger partial charge in [-0.2, -0.15) is 12.7 Å². The van der Waals surface area contributed by atoms with Crippen molar-refractivity contribution in [3.05, 3.63) is 0 Å². The van der Waals surface area contributed by atoms with Crippen LogP contribution in [-0.4, -0.2) is 25.3 Å². The topological polar surface area (TPSA) is 63.4 Å². The van der Waals surface area contributed by atoms with Crippen molar-refractivity contribution in [3.8, 4) is 0 Å². The molecule has 1 heterocycles. The van der Waals surface area contributed by atoms with Crippen molar-refractivity contribution < 1.29 is 8.42 Å². The molecule has 11 heavy (non-hydrogen) atoms. The molecule has 66 valence electrons. The summed E-state index contributed by atoms with van der Waals surface area (Å²) in [5.74, 6) is 0.424. The van der Waals surface area contributed by atoms with Gasteiger partial charge in [-0.05, 0) is 19.3 Å². The Hall–Kier alpha value is -0.130. The zero-order valence-corrected chi connectivity index (χ0v) is 7.63. The highest BCUT2D eigenvalue weighted by atomic mass is 32.2. The highest BCUT2D eigenvalue weighted by Gasteiger charge is 2.33. The van der Waals surface area contributed by atoms with E-state index < -0.39 is 10.2 Å². The molecule has 0 saturated carbocycles. The monoisotopic (exact) mass is 178 g/mol. The Morgan fingerprint density at radius 3 is 2.18 bits per heavy atom. The van der Waals surface area contributed by atoms with Gasteiger partial charge >= 0.3 is 0 Å². The summed E-state index contributed by atoms with van der Waals surface area (Å²) in [5.41, 5.74) is 0. The molecule has 1 fully saturated rings. The van der Waals surface area contributed by atoms with Crippen LogP contribution in [0.5, 0.6) is 0 Å². The van der Waals surface area contributed by atoms with Crippen LogP contribution in [0, 0.1) is 5.92 Å². The molecule has 0 radical (unpaired) electrons. The number of rotatable bonds is 1. The Balaban J connectivity index is 2.78. The molecule has 1 rings (SSSR count). The van der Waals surface area contributed by atoms with Crippen molar-refractivity contribution >= 4 is 10.2 Å². The van der Waals surface area contributed by atoms with E-state index in [1.54, 1.807) is 0 Å². The molecule has 0 aliphatic carbocycles. The normalized spacial score (nSPS) is 34.5. The van der Waals surface area contributed by atoms with Gasteiger partial charge in [0.15, 0.2) is 0 Å². The van der Waals surface area contributed by atoms with Crippen LogP contribution < -0.4 is 5.14 Å². The summed E-state index contributed by atoms with van der Waals surface area (Å²) >= 11 is 0. The second kappa shape index (κ2) is 2.73. The Labute approximate surface area is 67.6 Å². The predicted molar refractivity (Wildman–Crippen MR) is 43.1 cm³/mol. The van der Waals surface area contributed by atoms with Crippen LogP contribution in [0.2, 0.25) is 0 Å². The lowest BCUT2D eigenvalue weighted by Crippen LogP contribution is -2.39. The van der Waals surface area contributed by atoms with Crippen molar-refractivity contribution in [1.29, 1.82) is 0 Å². The highest BCUT2D eigenvalue weighted by Crippen LogP contribution is 2.24. The van der Waals surface area contributed by atoms with Gasteiger partial charge in [0.05, 0.1) is 0 Å². The molecule has 0 aromatic rings. The first-order valence-electron chi connectivity index (χ1n) is 3.72. The second-order valence-corrected chi connectivity index (χ2v) is 4.66. The fraction of sp³-hybridized carbons (Fsp3) is 1.00. The summed E-state index contributed by atoms with van der Waals surface area (Å²) in [7, 11) is -3.45. The van der Waals surface area contributed by atoms with Crippen LogP contribution in [0.25, 0.3) is 0 Å². The standard InChI is InChI=1S/C6H14N2O2S/c1-5-3-4-8(6(5)2)11(7,9)10/h5-6H,3-4H2,1-2H3,(H2,7,9,10). The van der Waals surface area contributed by atoms with Crippen molar-refractivity contribution in [2.45, 2.75) is 26.3 Å². The molecule has 0 aromatic carbocycles. The van der Waals surface area contributed by atoms with Crippen molar-refractivity contribution in [2.75, 3.05) is 6.54 Å². The molecular formula is C6H14N2O2S. The van der Waals surface area contributed by atoms with E-state index in [2.05, 4.69) is 0 Å². The molecular weight excluding hydrogens is 164 g/mol. The van der Waals surface area contributed by atoms with E-state index in [-0.39, 0.29) is 6.04 Å². The largest absolute Gasteiger partial charge is 0.277 e.